The van der Waals surface area contributed by atoms with Gasteiger partial charge in [-0.25, -0.2) is 0 Å². The fourth-order valence-corrected chi connectivity index (χ4v) is 2.98. The number of ether oxygens (including phenoxy) is 1. The van der Waals surface area contributed by atoms with Crippen molar-refractivity contribution in [2.24, 2.45) is 5.10 Å². The number of halogens is 1. The minimum Gasteiger partial charge on any atom is -0.471 e. The molecule has 0 bridgehead atoms. The minimum atomic E-state index is 0.229. The van der Waals surface area contributed by atoms with Crippen LogP contribution in [0.4, 0.5) is 0 Å². The Morgan fingerprint density at radius 3 is 2.85 bits per heavy atom. The standard InChI is InChI=1S/C16H13ClN2O/c17-12-6-7-16-13(8-12)15-9-14(18-19(15)10-20-16)11-4-2-1-3-5-11/h1-8,15H,9-10H2/t15-/m1/s1. The zero-order chi connectivity index (χ0) is 13.5. The van der Waals surface area contributed by atoms with Crippen molar-refractivity contribution in [3.05, 3.63) is 64.7 Å². The molecule has 0 unspecified atom stereocenters. The lowest BCUT2D eigenvalue weighted by molar-refractivity contribution is 0.0750. The smallest absolute Gasteiger partial charge is 0.177 e. The number of fused-ring (bicyclic) bond motifs is 3. The van der Waals surface area contributed by atoms with E-state index in [0.717, 1.165) is 28.5 Å². The van der Waals surface area contributed by atoms with Gasteiger partial charge in [-0.1, -0.05) is 41.9 Å². The summed E-state index contributed by atoms with van der Waals surface area (Å²) in [5, 5.41) is 7.43. The molecule has 20 heavy (non-hydrogen) atoms. The van der Waals surface area contributed by atoms with Crippen LogP contribution in [0.2, 0.25) is 5.02 Å². The van der Waals surface area contributed by atoms with E-state index in [1.807, 2.05) is 41.4 Å². The third kappa shape index (κ3) is 1.86. The average molecular weight is 285 g/mol. The van der Waals surface area contributed by atoms with E-state index in [2.05, 4.69) is 12.1 Å². The number of benzene rings is 2. The van der Waals surface area contributed by atoms with Gasteiger partial charge in [0.25, 0.3) is 0 Å². The fraction of sp³-hybridized carbons (Fsp3) is 0.188. The second kappa shape index (κ2) is 4.53. The molecule has 4 heteroatoms. The van der Waals surface area contributed by atoms with Crippen LogP contribution in [0.3, 0.4) is 0 Å². The summed E-state index contributed by atoms with van der Waals surface area (Å²) in [5.41, 5.74) is 3.40. The average Bonchev–Trinajstić information content (AvgIpc) is 2.93. The number of rotatable bonds is 1. The van der Waals surface area contributed by atoms with Crippen molar-refractivity contribution < 1.29 is 4.74 Å². The van der Waals surface area contributed by atoms with Crippen molar-refractivity contribution in [2.45, 2.75) is 12.5 Å². The Hall–Kier alpha value is -2.00. The lowest BCUT2D eigenvalue weighted by Gasteiger charge is -2.30. The van der Waals surface area contributed by atoms with E-state index in [9.17, 15) is 0 Å². The molecule has 2 aliphatic heterocycles. The van der Waals surface area contributed by atoms with E-state index < -0.39 is 0 Å². The highest BCUT2D eigenvalue weighted by atomic mass is 35.5. The van der Waals surface area contributed by atoms with Crippen molar-refractivity contribution >= 4 is 17.3 Å². The van der Waals surface area contributed by atoms with Crippen molar-refractivity contribution in [1.29, 1.82) is 0 Å². The minimum absolute atomic E-state index is 0.229. The van der Waals surface area contributed by atoms with Gasteiger partial charge in [-0.05, 0) is 23.8 Å². The molecule has 0 amide bonds. The van der Waals surface area contributed by atoms with Gasteiger partial charge in [-0.3, -0.25) is 5.01 Å². The van der Waals surface area contributed by atoms with Crippen molar-refractivity contribution in [1.82, 2.24) is 5.01 Å². The maximum atomic E-state index is 6.11. The van der Waals surface area contributed by atoms with E-state index >= 15 is 0 Å². The predicted octanol–water partition coefficient (Wildman–Crippen LogP) is 3.84. The summed E-state index contributed by atoms with van der Waals surface area (Å²) < 4.78 is 5.74. The first-order valence-electron chi connectivity index (χ1n) is 6.63. The SMILES string of the molecule is Clc1ccc2c(c1)[C@H]1CC(c3ccccc3)=NN1CO2. The lowest BCUT2D eigenvalue weighted by Crippen LogP contribution is -2.29. The molecule has 0 aromatic heterocycles. The third-order valence-electron chi connectivity index (χ3n) is 3.79. The van der Waals surface area contributed by atoms with Gasteiger partial charge in [0, 0.05) is 17.0 Å². The molecule has 1 atom stereocenters. The number of nitrogens with zero attached hydrogens (tertiary/aromatic N) is 2. The molecular formula is C16H13ClN2O. The van der Waals surface area contributed by atoms with Crippen molar-refractivity contribution in [3.63, 3.8) is 0 Å². The molecule has 0 spiro atoms. The topological polar surface area (TPSA) is 24.8 Å². The van der Waals surface area contributed by atoms with Crippen LogP contribution < -0.4 is 4.74 Å². The maximum Gasteiger partial charge on any atom is 0.177 e. The molecule has 4 rings (SSSR count). The van der Waals surface area contributed by atoms with Crippen LogP contribution in [0.25, 0.3) is 0 Å². The molecule has 0 saturated heterocycles. The molecule has 0 radical (unpaired) electrons. The Bertz CT molecular complexity index is 684. The summed E-state index contributed by atoms with van der Waals surface area (Å²) in [6, 6.07) is 16.3. The monoisotopic (exact) mass is 284 g/mol. The predicted molar refractivity (Wildman–Crippen MR) is 79.1 cm³/mol. The Balaban J connectivity index is 1.70. The molecule has 2 aromatic rings. The van der Waals surface area contributed by atoms with E-state index in [4.69, 9.17) is 21.4 Å². The normalized spacial score (nSPS) is 19.9. The summed E-state index contributed by atoms with van der Waals surface area (Å²) in [6.45, 7) is 0.496. The Morgan fingerprint density at radius 2 is 2.00 bits per heavy atom. The van der Waals surface area contributed by atoms with E-state index in [1.165, 1.54) is 5.56 Å². The zero-order valence-electron chi connectivity index (χ0n) is 10.8. The highest BCUT2D eigenvalue weighted by Gasteiger charge is 2.34. The van der Waals surface area contributed by atoms with Crippen LogP contribution in [-0.2, 0) is 0 Å². The van der Waals surface area contributed by atoms with Gasteiger partial charge in [0.15, 0.2) is 6.73 Å². The van der Waals surface area contributed by atoms with Crippen LogP contribution in [-0.4, -0.2) is 17.5 Å². The second-order valence-corrected chi connectivity index (χ2v) is 5.46. The first kappa shape index (κ1) is 11.8. The van der Waals surface area contributed by atoms with Crippen molar-refractivity contribution in [3.8, 4) is 5.75 Å². The van der Waals surface area contributed by atoms with Gasteiger partial charge in [0.1, 0.15) is 5.75 Å². The van der Waals surface area contributed by atoms with Crippen LogP contribution in [0.15, 0.2) is 53.6 Å². The van der Waals surface area contributed by atoms with Gasteiger partial charge in [0.05, 0.1) is 11.8 Å². The van der Waals surface area contributed by atoms with Crippen LogP contribution in [0.5, 0.6) is 5.75 Å². The van der Waals surface area contributed by atoms with Gasteiger partial charge in [0.2, 0.25) is 0 Å². The summed E-state index contributed by atoms with van der Waals surface area (Å²) in [6.07, 6.45) is 0.890. The van der Waals surface area contributed by atoms with Gasteiger partial charge in [-0.15, -0.1) is 0 Å². The summed E-state index contributed by atoms with van der Waals surface area (Å²) >= 11 is 6.11. The molecule has 100 valence electrons. The zero-order valence-corrected chi connectivity index (χ0v) is 11.5. The molecule has 3 nitrogen and oxygen atoms in total. The van der Waals surface area contributed by atoms with Crippen LogP contribution >= 0.6 is 11.6 Å². The van der Waals surface area contributed by atoms with Crippen LogP contribution in [0, 0.1) is 0 Å². The van der Waals surface area contributed by atoms with Crippen LogP contribution in [0.1, 0.15) is 23.6 Å². The largest absolute Gasteiger partial charge is 0.471 e. The Kier molecular flexibility index (Phi) is 2.67. The second-order valence-electron chi connectivity index (χ2n) is 5.03. The molecule has 0 fully saturated rings. The third-order valence-corrected chi connectivity index (χ3v) is 4.02. The number of hydrogen-bond donors (Lipinski definition) is 0. The van der Waals surface area contributed by atoms with Gasteiger partial charge >= 0.3 is 0 Å². The highest BCUT2D eigenvalue weighted by molar-refractivity contribution is 6.30. The van der Waals surface area contributed by atoms with E-state index in [1.54, 1.807) is 0 Å². The highest BCUT2D eigenvalue weighted by Crippen LogP contribution is 2.41. The first-order chi connectivity index (χ1) is 9.81. The van der Waals surface area contributed by atoms with E-state index in [0.29, 0.717) is 6.73 Å². The molecule has 0 N–H and O–H groups in total. The molecule has 0 aliphatic carbocycles. The quantitative estimate of drug-likeness (QED) is 0.795. The maximum absolute atomic E-state index is 6.11. The number of hydrazone groups is 1. The lowest BCUT2D eigenvalue weighted by atomic mass is 9.97. The summed E-state index contributed by atoms with van der Waals surface area (Å²) in [5.74, 6) is 0.917. The summed E-state index contributed by atoms with van der Waals surface area (Å²) in [7, 11) is 0. The Morgan fingerprint density at radius 1 is 1.15 bits per heavy atom. The number of hydrogen-bond acceptors (Lipinski definition) is 3. The molecule has 2 aromatic carbocycles. The van der Waals surface area contributed by atoms with Gasteiger partial charge < -0.3 is 4.74 Å². The molecular weight excluding hydrogens is 272 g/mol. The van der Waals surface area contributed by atoms with E-state index in [-0.39, 0.29) is 6.04 Å². The molecule has 2 aliphatic rings. The van der Waals surface area contributed by atoms with Gasteiger partial charge in [-0.2, -0.15) is 5.10 Å². The summed E-state index contributed by atoms with van der Waals surface area (Å²) in [4.78, 5) is 0. The fourth-order valence-electron chi connectivity index (χ4n) is 2.80. The first-order valence-corrected chi connectivity index (χ1v) is 7.01. The Labute approximate surface area is 122 Å². The molecule has 0 saturated carbocycles. The van der Waals surface area contributed by atoms with Crippen molar-refractivity contribution in [2.75, 3.05) is 6.73 Å². The molecule has 2 heterocycles.